The molecule has 2 heterocycles. The summed E-state index contributed by atoms with van der Waals surface area (Å²) in [4.78, 5) is 4.29. The highest BCUT2D eigenvalue weighted by molar-refractivity contribution is 9.10. The average Bonchev–Trinajstić information content (AvgIpc) is 2.95. The van der Waals surface area contributed by atoms with E-state index in [1.165, 1.54) is 0 Å². The van der Waals surface area contributed by atoms with Crippen molar-refractivity contribution in [1.82, 2.24) is 14.8 Å². The maximum atomic E-state index is 5.79. The van der Waals surface area contributed by atoms with Crippen LogP contribution in [0.3, 0.4) is 0 Å². The van der Waals surface area contributed by atoms with Crippen molar-refractivity contribution in [2.75, 3.05) is 11.1 Å². The van der Waals surface area contributed by atoms with Crippen molar-refractivity contribution in [3.05, 3.63) is 76.3 Å². The molecule has 4 rings (SSSR count). The average molecular weight is 368 g/mol. The number of nitrogens with zero attached hydrogens (tertiary/aromatic N) is 3. The number of nitrogens with two attached hydrogens (primary N) is 1. The highest BCUT2D eigenvalue weighted by Crippen LogP contribution is 2.32. The van der Waals surface area contributed by atoms with E-state index < -0.39 is 0 Å². The van der Waals surface area contributed by atoms with E-state index >= 15 is 0 Å². The highest BCUT2D eigenvalue weighted by Gasteiger charge is 2.24. The van der Waals surface area contributed by atoms with Gasteiger partial charge in [-0.2, -0.15) is 4.98 Å². The van der Waals surface area contributed by atoms with Crippen LogP contribution < -0.4 is 11.1 Å². The SMILES string of the molecule is Nc1nc2n(n1)[C@H](c1ccccc1)C=C(c1ccc(Br)cc1)N2. The molecular weight excluding hydrogens is 354 g/mol. The van der Waals surface area contributed by atoms with Gasteiger partial charge in [-0.15, -0.1) is 5.10 Å². The van der Waals surface area contributed by atoms with Crippen molar-refractivity contribution < 1.29 is 0 Å². The smallest absolute Gasteiger partial charge is 0.241 e. The number of nitrogens with one attached hydrogen (secondary N) is 1. The minimum Gasteiger partial charge on any atom is -0.366 e. The van der Waals surface area contributed by atoms with Crippen LogP contribution in [0, 0.1) is 0 Å². The molecule has 1 atom stereocenters. The lowest BCUT2D eigenvalue weighted by atomic mass is 10.0. The Morgan fingerprint density at radius 1 is 1.04 bits per heavy atom. The maximum absolute atomic E-state index is 5.79. The molecule has 3 aromatic rings. The van der Waals surface area contributed by atoms with Crippen LogP contribution >= 0.6 is 15.9 Å². The minimum atomic E-state index is -0.0455. The monoisotopic (exact) mass is 367 g/mol. The van der Waals surface area contributed by atoms with Gasteiger partial charge >= 0.3 is 0 Å². The zero-order chi connectivity index (χ0) is 15.8. The lowest BCUT2D eigenvalue weighted by Crippen LogP contribution is -2.20. The molecule has 23 heavy (non-hydrogen) atoms. The molecule has 0 aliphatic carbocycles. The van der Waals surface area contributed by atoms with Crippen LogP contribution in [0.25, 0.3) is 5.70 Å². The standard InChI is InChI=1S/C17H14BrN5/c18-13-8-6-11(7-9-13)14-10-15(12-4-2-1-3-5-12)23-17(20-14)21-16(19)22-23/h1-10,15H,(H3,19,20,21,22)/t15-/m0/s1. The lowest BCUT2D eigenvalue weighted by Gasteiger charge is -2.24. The van der Waals surface area contributed by atoms with Gasteiger partial charge in [-0.3, -0.25) is 0 Å². The number of fused-ring (bicyclic) bond motifs is 1. The maximum Gasteiger partial charge on any atom is 0.241 e. The molecule has 3 N–H and O–H groups in total. The zero-order valence-electron chi connectivity index (χ0n) is 12.1. The summed E-state index contributed by atoms with van der Waals surface area (Å²) in [6.07, 6.45) is 2.14. The van der Waals surface area contributed by atoms with E-state index in [-0.39, 0.29) is 12.0 Å². The van der Waals surface area contributed by atoms with Gasteiger partial charge in [-0.1, -0.05) is 58.4 Å². The summed E-state index contributed by atoms with van der Waals surface area (Å²) in [6.45, 7) is 0. The molecule has 2 aromatic carbocycles. The Morgan fingerprint density at radius 3 is 2.52 bits per heavy atom. The van der Waals surface area contributed by atoms with E-state index in [0.717, 1.165) is 21.3 Å². The number of hydrogen-bond donors (Lipinski definition) is 2. The van der Waals surface area contributed by atoms with Gasteiger partial charge in [0.25, 0.3) is 0 Å². The molecule has 1 aliphatic rings. The van der Waals surface area contributed by atoms with Gasteiger partial charge in [0.1, 0.15) is 6.04 Å². The van der Waals surface area contributed by atoms with Crippen LogP contribution in [0.15, 0.2) is 65.1 Å². The quantitative estimate of drug-likeness (QED) is 0.724. The summed E-state index contributed by atoms with van der Waals surface area (Å²) in [5.74, 6) is 0.913. The highest BCUT2D eigenvalue weighted by atomic mass is 79.9. The normalized spacial score (nSPS) is 16.4. The second kappa shape index (κ2) is 5.55. The summed E-state index contributed by atoms with van der Waals surface area (Å²) < 4.78 is 2.86. The summed E-state index contributed by atoms with van der Waals surface area (Å²) in [5.41, 5.74) is 9.00. The van der Waals surface area contributed by atoms with Gasteiger partial charge < -0.3 is 11.1 Å². The number of hydrogen-bond acceptors (Lipinski definition) is 4. The van der Waals surface area contributed by atoms with E-state index in [9.17, 15) is 0 Å². The number of nitrogen functional groups attached to an aromatic ring is 1. The summed E-state index contributed by atoms with van der Waals surface area (Å²) in [6, 6.07) is 18.3. The minimum absolute atomic E-state index is 0.0455. The van der Waals surface area contributed by atoms with Gasteiger partial charge in [0.15, 0.2) is 0 Å². The number of aromatic nitrogens is 3. The fraction of sp³-hybridized carbons (Fsp3) is 0.0588. The second-order valence-corrected chi connectivity index (χ2v) is 6.22. The van der Waals surface area contributed by atoms with E-state index in [1.807, 2.05) is 35.0 Å². The second-order valence-electron chi connectivity index (χ2n) is 5.31. The largest absolute Gasteiger partial charge is 0.366 e. The van der Waals surface area contributed by atoms with Crippen molar-refractivity contribution in [2.45, 2.75) is 6.04 Å². The summed E-state index contributed by atoms with van der Waals surface area (Å²) in [7, 11) is 0. The first kappa shape index (κ1) is 14.0. The molecule has 1 aliphatic heterocycles. The summed E-state index contributed by atoms with van der Waals surface area (Å²) in [5, 5.41) is 7.63. The number of halogens is 1. The Kier molecular flexibility index (Phi) is 3.38. The molecule has 6 heteroatoms. The van der Waals surface area contributed by atoms with Gasteiger partial charge in [0, 0.05) is 10.2 Å². The van der Waals surface area contributed by atoms with Crippen molar-refractivity contribution >= 4 is 33.5 Å². The molecule has 114 valence electrons. The fourth-order valence-corrected chi connectivity index (χ4v) is 2.96. The van der Waals surface area contributed by atoms with Crippen LogP contribution in [0.1, 0.15) is 17.2 Å². The third-order valence-electron chi connectivity index (χ3n) is 3.78. The molecule has 0 saturated carbocycles. The number of rotatable bonds is 2. The Labute approximate surface area is 142 Å². The van der Waals surface area contributed by atoms with Gasteiger partial charge in [0.2, 0.25) is 11.9 Å². The third kappa shape index (κ3) is 2.61. The molecule has 0 saturated heterocycles. The Hall–Kier alpha value is -2.60. The topological polar surface area (TPSA) is 68.8 Å². The molecule has 5 nitrogen and oxygen atoms in total. The van der Waals surface area contributed by atoms with Crippen LogP contribution in [0.2, 0.25) is 0 Å². The number of allylic oxidation sites excluding steroid dienone is 1. The lowest BCUT2D eigenvalue weighted by molar-refractivity contribution is 0.614. The van der Waals surface area contributed by atoms with Crippen LogP contribution in [-0.4, -0.2) is 14.8 Å². The van der Waals surface area contributed by atoms with Crippen LogP contribution in [-0.2, 0) is 0 Å². The molecule has 0 amide bonds. The van der Waals surface area contributed by atoms with E-state index in [1.54, 1.807) is 0 Å². The number of anilines is 2. The molecule has 0 unspecified atom stereocenters. The third-order valence-corrected chi connectivity index (χ3v) is 4.31. The summed E-state index contributed by atoms with van der Waals surface area (Å²) >= 11 is 3.46. The molecule has 0 bridgehead atoms. The van der Waals surface area contributed by atoms with Gasteiger partial charge in [0.05, 0.1) is 0 Å². The van der Waals surface area contributed by atoms with Crippen LogP contribution in [0.4, 0.5) is 11.9 Å². The first-order valence-electron chi connectivity index (χ1n) is 7.22. The number of benzene rings is 2. The molecule has 0 radical (unpaired) electrons. The van der Waals surface area contributed by atoms with E-state index in [0.29, 0.717) is 5.95 Å². The van der Waals surface area contributed by atoms with E-state index in [2.05, 4.69) is 61.7 Å². The Bertz CT molecular complexity index is 868. The van der Waals surface area contributed by atoms with Gasteiger partial charge in [-0.25, -0.2) is 4.68 Å². The van der Waals surface area contributed by atoms with Crippen molar-refractivity contribution in [3.8, 4) is 0 Å². The fourth-order valence-electron chi connectivity index (χ4n) is 2.70. The first-order valence-corrected chi connectivity index (χ1v) is 8.02. The molecule has 1 aromatic heterocycles. The van der Waals surface area contributed by atoms with Crippen molar-refractivity contribution in [1.29, 1.82) is 0 Å². The predicted molar refractivity (Wildman–Crippen MR) is 94.8 cm³/mol. The molecular formula is C17H14BrN5. The van der Waals surface area contributed by atoms with Crippen molar-refractivity contribution in [2.24, 2.45) is 0 Å². The van der Waals surface area contributed by atoms with Crippen LogP contribution in [0.5, 0.6) is 0 Å². The van der Waals surface area contributed by atoms with Crippen molar-refractivity contribution in [3.63, 3.8) is 0 Å². The Balaban J connectivity index is 1.82. The van der Waals surface area contributed by atoms with E-state index in [4.69, 9.17) is 5.73 Å². The first-order chi connectivity index (χ1) is 11.2. The zero-order valence-corrected chi connectivity index (χ0v) is 13.7. The molecule has 0 spiro atoms. The predicted octanol–water partition coefficient (Wildman–Crippen LogP) is 3.68. The molecule has 0 fully saturated rings. The Morgan fingerprint density at radius 2 is 1.78 bits per heavy atom. The van der Waals surface area contributed by atoms with Gasteiger partial charge in [-0.05, 0) is 29.3 Å².